The molecule has 2 heterocycles. The van der Waals surface area contributed by atoms with E-state index in [1.165, 1.54) is 12.1 Å². The fourth-order valence-corrected chi connectivity index (χ4v) is 5.27. The minimum atomic E-state index is -0.485. The SMILES string of the molecule is O=C(CN1c2ccccc2NC2=C(C(=O)CCC2)[C@H]1c1cccs1)Nc1ccccc1F. The van der Waals surface area contributed by atoms with Crippen molar-refractivity contribution in [1.82, 2.24) is 0 Å². The van der Waals surface area contributed by atoms with E-state index < -0.39 is 5.82 Å². The van der Waals surface area contributed by atoms with Crippen LogP contribution in [0.3, 0.4) is 0 Å². The predicted molar refractivity (Wildman–Crippen MR) is 125 cm³/mol. The Labute approximate surface area is 189 Å². The second-order valence-corrected chi connectivity index (χ2v) is 8.86. The first-order valence-electron chi connectivity index (χ1n) is 10.6. The number of thiophene rings is 1. The van der Waals surface area contributed by atoms with Crippen LogP contribution in [0.25, 0.3) is 0 Å². The summed E-state index contributed by atoms with van der Waals surface area (Å²) in [5.74, 6) is -0.732. The number of carbonyl (C=O) groups excluding carboxylic acids is 2. The van der Waals surface area contributed by atoms with Crippen molar-refractivity contribution in [2.45, 2.75) is 25.3 Å². The van der Waals surface area contributed by atoms with Gasteiger partial charge in [0, 0.05) is 22.6 Å². The first-order valence-corrected chi connectivity index (χ1v) is 11.5. The zero-order valence-corrected chi connectivity index (χ0v) is 18.1. The third-order valence-electron chi connectivity index (χ3n) is 5.81. The Balaban J connectivity index is 1.59. The van der Waals surface area contributed by atoms with Crippen LogP contribution in [0.15, 0.2) is 77.3 Å². The van der Waals surface area contributed by atoms with Gasteiger partial charge in [-0.25, -0.2) is 4.39 Å². The van der Waals surface area contributed by atoms with Gasteiger partial charge in [-0.1, -0.05) is 30.3 Å². The van der Waals surface area contributed by atoms with Crippen LogP contribution in [0.1, 0.15) is 30.2 Å². The number of benzene rings is 2. The average Bonchev–Trinajstić information content (AvgIpc) is 3.27. The molecule has 0 radical (unpaired) electrons. The molecule has 2 N–H and O–H groups in total. The highest BCUT2D eigenvalue weighted by atomic mass is 32.1. The molecule has 5 rings (SSSR count). The number of para-hydroxylation sites is 3. The average molecular weight is 448 g/mol. The smallest absolute Gasteiger partial charge is 0.244 e. The Kier molecular flexibility index (Phi) is 5.49. The van der Waals surface area contributed by atoms with Gasteiger partial charge in [-0.05, 0) is 48.6 Å². The largest absolute Gasteiger partial charge is 0.357 e. The van der Waals surface area contributed by atoms with Crippen LogP contribution in [0.4, 0.5) is 21.5 Å². The highest BCUT2D eigenvalue weighted by molar-refractivity contribution is 7.10. The molecule has 1 aromatic heterocycles. The maximum atomic E-state index is 14.1. The highest BCUT2D eigenvalue weighted by Gasteiger charge is 2.37. The van der Waals surface area contributed by atoms with Gasteiger partial charge >= 0.3 is 0 Å². The van der Waals surface area contributed by atoms with Crippen LogP contribution in [0.2, 0.25) is 0 Å². The molecule has 0 saturated carbocycles. The van der Waals surface area contributed by atoms with Crippen LogP contribution >= 0.6 is 11.3 Å². The molecule has 0 unspecified atom stereocenters. The number of nitrogens with one attached hydrogen (secondary N) is 2. The van der Waals surface area contributed by atoms with Crippen molar-refractivity contribution >= 4 is 40.1 Å². The van der Waals surface area contributed by atoms with E-state index in [0.29, 0.717) is 12.0 Å². The van der Waals surface area contributed by atoms with Gasteiger partial charge in [0.05, 0.1) is 29.6 Å². The molecule has 162 valence electrons. The number of Topliss-reactive ketones (excluding diaryl/α,β-unsaturated/α-hetero) is 1. The maximum Gasteiger partial charge on any atom is 0.244 e. The summed E-state index contributed by atoms with van der Waals surface area (Å²) in [4.78, 5) is 29.2. The van der Waals surface area contributed by atoms with Crippen molar-refractivity contribution in [1.29, 1.82) is 0 Å². The fraction of sp³-hybridized carbons (Fsp3) is 0.200. The first-order chi connectivity index (χ1) is 15.6. The summed E-state index contributed by atoms with van der Waals surface area (Å²) in [6, 6.07) is 17.4. The number of hydrogen-bond acceptors (Lipinski definition) is 5. The van der Waals surface area contributed by atoms with Gasteiger partial charge in [0.2, 0.25) is 5.91 Å². The van der Waals surface area contributed by atoms with Gasteiger partial charge in [0.25, 0.3) is 0 Å². The van der Waals surface area contributed by atoms with Crippen LogP contribution in [0, 0.1) is 5.82 Å². The van der Waals surface area contributed by atoms with E-state index >= 15 is 0 Å². The van der Waals surface area contributed by atoms with Crippen LogP contribution in [0.5, 0.6) is 0 Å². The lowest BCUT2D eigenvalue weighted by molar-refractivity contribution is -0.117. The molecule has 1 aliphatic carbocycles. The van der Waals surface area contributed by atoms with Crippen molar-refractivity contribution in [2.75, 3.05) is 22.1 Å². The molecule has 0 spiro atoms. The second kappa shape index (κ2) is 8.59. The minimum Gasteiger partial charge on any atom is -0.357 e. The Bertz CT molecular complexity index is 1210. The van der Waals surface area contributed by atoms with Crippen LogP contribution in [-0.2, 0) is 9.59 Å². The number of amides is 1. The first kappa shape index (κ1) is 20.5. The summed E-state index contributed by atoms with van der Waals surface area (Å²) in [6.07, 6.45) is 2.08. The summed E-state index contributed by atoms with van der Waals surface area (Å²) in [6.45, 7) is -0.0281. The lowest BCUT2D eigenvalue weighted by Gasteiger charge is -2.34. The lowest BCUT2D eigenvalue weighted by atomic mass is 9.88. The fourth-order valence-electron chi connectivity index (χ4n) is 4.42. The quantitative estimate of drug-likeness (QED) is 0.554. The monoisotopic (exact) mass is 447 g/mol. The van der Waals surface area contributed by atoms with Gasteiger partial charge in [0.15, 0.2) is 5.78 Å². The zero-order valence-electron chi connectivity index (χ0n) is 17.3. The second-order valence-electron chi connectivity index (χ2n) is 7.88. The number of ketones is 1. The number of carbonyl (C=O) groups is 2. The Morgan fingerprint density at radius 1 is 1.09 bits per heavy atom. The lowest BCUT2D eigenvalue weighted by Crippen LogP contribution is -2.38. The van der Waals surface area contributed by atoms with E-state index in [2.05, 4.69) is 10.6 Å². The number of rotatable bonds is 4. The van der Waals surface area contributed by atoms with E-state index in [9.17, 15) is 14.0 Å². The molecule has 3 aromatic rings. The number of nitrogens with zero attached hydrogens (tertiary/aromatic N) is 1. The predicted octanol–water partition coefficient (Wildman–Crippen LogP) is 5.51. The van der Waals surface area contributed by atoms with E-state index in [1.54, 1.807) is 23.5 Å². The molecule has 7 heteroatoms. The Morgan fingerprint density at radius 2 is 1.91 bits per heavy atom. The van der Waals surface area contributed by atoms with Crippen molar-refractivity contribution in [3.63, 3.8) is 0 Å². The third kappa shape index (κ3) is 3.80. The molecule has 1 aliphatic heterocycles. The third-order valence-corrected chi connectivity index (χ3v) is 6.74. The zero-order chi connectivity index (χ0) is 22.1. The molecule has 0 saturated heterocycles. The van der Waals surface area contributed by atoms with Crippen LogP contribution < -0.4 is 15.5 Å². The Morgan fingerprint density at radius 3 is 2.72 bits per heavy atom. The number of fused-ring (bicyclic) bond motifs is 1. The maximum absolute atomic E-state index is 14.1. The number of hydrogen-bond donors (Lipinski definition) is 2. The summed E-state index contributed by atoms with van der Waals surface area (Å²) < 4.78 is 14.1. The molecule has 0 fully saturated rings. The standard InChI is InChI=1S/C25H22FN3O2S/c26-16-7-1-2-8-17(16)28-23(31)15-29-20-11-4-3-9-18(20)27-19-10-5-12-21(30)24(19)25(29)22-13-6-14-32-22/h1-4,6-9,11,13-14,25,27H,5,10,12,15H2,(H,28,31)/t25-/m1/s1. The van der Waals surface area contributed by atoms with Crippen LogP contribution in [-0.4, -0.2) is 18.2 Å². The summed E-state index contributed by atoms with van der Waals surface area (Å²) in [5.41, 5.74) is 3.46. The normalized spacial score (nSPS) is 17.8. The van der Waals surface area contributed by atoms with Crippen molar-refractivity contribution in [3.05, 3.63) is 88.0 Å². The molecular formula is C25H22FN3O2S. The molecule has 2 aromatic carbocycles. The van der Waals surface area contributed by atoms with E-state index in [-0.39, 0.29) is 30.0 Å². The molecule has 1 amide bonds. The van der Waals surface area contributed by atoms with E-state index in [4.69, 9.17) is 0 Å². The highest BCUT2D eigenvalue weighted by Crippen LogP contribution is 2.45. The van der Waals surface area contributed by atoms with Gasteiger partial charge in [-0.3, -0.25) is 9.59 Å². The molecular weight excluding hydrogens is 425 g/mol. The van der Waals surface area contributed by atoms with E-state index in [1.807, 2.05) is 46.7 Å². The molecule has 0 bridgehead atoms. The Hall–Kier alpha value is -3.45. The van der Waals surface area contributed by atoms with Gasteiger partial charge in [-0.2, -0.15) is 0 Å². The van der Waals surface area contributed by atoms with E-state index in [0.717, 1.165) is 34.8 Å². The number of allylic oxidation sites excluding steroid dienone is 1. The molecule has 2 aliphatic rings. The summed E-state index contributed by atoms with van der Waals surface area (Å²) in [5, 5.41) is 8.14. The number of halogens is 1. The van der Waals surface area contributed by atoms with Gasteiger partial charge in [-0.15, -0.1) is 11.3 Å². The van der Waals surface area contributed by atoms with Crippen molar-refractivity contribution in [3.8, 4) is 0 Å². The van der Waals surface area contributed by atoms with Crippen molar-refractivity contribution < 1.29 is 14.0 Å². The molecule has 5 nitrogen and oxygen atoms in total. The number of anilines is 3. The molecule has 1 atom stereocenters. The van der Waals surface area contributed by atoms with Gasteiger partial charge < -0.3 is 15.5 Å². The summed E-state index contributed by atoms with van der Waals surface area (Å²) >= 11 is 1.56. The molecule has 32 heavy (non-hydrogen) atoms. The summed E-state index contributed by atoms with van der Waals surface area (Å²) in [7, 11) is 0. The van der Waals surface area contributed by atoms with Crippen molar-refractivity contribution in [2.24, 2.45) is 0 Å². The minimum absolute atomic E-state index is 0.0281. The topological polar surface area (TPSA) is 61.4 Å². The van der Waals surface area contributed by atoms with Gasteiger partial charge in [0.1, 0.15) is 5.82 Å².